The molecule has 1 aromatic carbocycles. The number of hydrogen-bond donors (Lipinski definition) is 2. The topological polar surface area (TPSA) is 111 Å². The molecule has 0 saturated heterocycles. The zero-order valence-corrected chi connectivity index (χ0v) is 12.1. The van der Waals surface area contributed by atoms with Gasteiger partial charge in [-0.25, -0.2) is 4.79 Å². The zero-order chi connectivity index (χ0) is 15.6. The highest BCUT2D eigenvalue weighted by atomic mass is 32.2. The zero-order valence-electron chi connectivity index (χ0n) is 11.3. The summed E-state index contributed by atoms with van der Waals surface area (Å²) in [5.41, 5.74) is -0.0166. The molecule has 1 heterocycles. The number of hydrogen-bond acceptors (Lipinski definition) is 5. The van der Waals surface area contributed by atoms with Gasteiger partial charge in [0.05, 0.1) is 24.6 Å². The van der Waals surface area contributed by atoms with Gasteiger partial charge in [0.1, 0.15) is 5.75 Å². The Bertz CT molecular complexity index is 782. The number of nitrogens with zero attached hydrogens (tertiary/aromatic N) is 2. The second kappa shape index (κ2) is 5.44. The van der Waals surface area contributed by atoms with Crippen LogP contribution in [0, 0.1) is 0 Å². The monoisotopic (exact) mass is 311 g/mol. The number of carboxylic acid groups (broad SMARTS) is 1. The van der Waals surface area contributed by atoms with E-state index in [1.54, 1.807) is 0 Å². The van der Waals surface area contributed by atoms with E-state index in [4.69, 9.17) is 9.84 Å². The Labute approximate surface area is 121 Å². The van der Waals surface area contributed by atoms with Gasteiger partial charge in [-0.15, -0.1) is 0 Å². The summed E-state index contributed by atoms with van der Waals surface area (Å²) in [6.45, 7) is 0. The number of rotatable bonds is 5. The Morgan fingerprint density at radius 1 is 1.38 bits per heavy atom. The molecule has 2 aromatic rings. The van der Waals surface area contributed by atoms with Crippen LogP contribution in [0.25, 0.3) is 0 Å². The second-order valence-electron chi connectivity index (χ2n) is 4.12. The number of anilines is 1. The predicted octanol–water partition coefficient (Wildman–Crippen LogP) is 0.928. The van der Waals surface area contributed by atoms with Crippen molar-refractivity contribution in [2.45, 2.75) is 5.03 Å². The molecule has 0 aliphatic rings. The minimum absolute atomic E-state index is 0.0404. The SMILES string of the molecule is COc1ccc(C(=O)O)cc1NS(=O)(=O)c1ccnn1C. The summed E-state index contributed by atoms with van der Waals surface area (Å²) in [5.74, 6) is -0.954. The molecule has 9 heteroatoms. The molecule has 2 rings (SSSR count). The summed E-state index contributed by atoms with van der Waals surface area (Å²) >= 11 is 0. The number of ether oxygens (including phenoxy) is 1. The van der Waals surface area contributed by atoms with Gasteiger partial charge in [-0.05, 0) is 24.3 Å². The first-order valence-corrected chi connectivity index (χ1v) is 7.25. The molecule has 2 N–H and O–H groups in total. The molecule has 0 saturated carbocycles. The largest absolute Gasteiger partial charge is 0.495 e. The van der Waals surface area contributed by atoms with E-state index < -0.39 is 16.0 Å². The van der Waals surface area contributed by atoms with Gasteiger partial charge in [-0.2, -0.15) is 13.5 Å². The van der Waals surface area contributed by atoms with E-state index in [-0.39, 0.29) is 22.0 Å². The Morgan fingerprint density at radius 2 is 2.10 bits per heavy atom. The summed E-state index contributed by atoms with van der Waals surface area (Å²) in [6, 6.07) is 5.22. The van der Waals surface area contributed by atoms with Gasteiger partial charge in [0.15, 0.2) is 5.03 Å². The maximum absolute atomic E-state index is 12.3. The summed E-state index contributed by atoms with van der Waals surface area (Å²) in [5, 5.41) is 12.7. The van der Waals surface area contributed by atoms with Crippen LogP contribution in [-0.2, 0) is 17.1 Å². The minimum Gasteiger partial charge on any atom is -0.495 e. The fraction of sp³-hybridized carbons (Fsp3) is 0.167. The van der Waals surface area contributed by atoms with Gasteiger partial charge in [-0.1, -0.05) is 0 Å². The third-order valence-electron chi connectivity index (χ3n) is 2.74. The first-order chi connectivity index (χ1) is 9.85. The van der Waals surface area contributed by atoms with Crippen LogP contribution in [-0.4, -0.2) is 36.4 Å². The van der Waals surface area contributed by atoms with Gasteiger partial charge >= 0.3 is 5.97 Å². The van der Waals surface area contributed by atoms with Gasteiger partial charge in [-0.3, -0.25) is 9.40 Å². The number of carbonyl (C=O) groups is 1. The van der Waals surface area contributed by atoms with E-state index in [2.05, 4.69) is 9.82 Å². The number of aromatic carboxylic acids is 1. The molecule has 0 spiro atoms. The van der Waals surface area contributed by atoms with Gasteiger partial charge in [0.25, 0.3) is 10.0 Å². The van der Waals surface area contributed by atoms with Gasteiger partial charge in [0, 0.05) is 7.05 Å². The number of sulfonamides is 1. The fourth-order valence-corrected chi connectivity index (χ4v) is 2.93. The molecule has 0 bridgehead atoms. The maximum Gasteiger partial charge on any atom is 0.335 e. The van der Waals surface area contributed by atoms with Crippen molar-refractivity contribution in [3.05, 3.63) is 36.0 Å². The second-order valence-corrected chi connectivity index (χ2v) is 5.75. The molecular formula is C12H13N3O5S. The number of aromatic nitrogens is 2. The van der Waals surface area contributed by atoms with Crippen molar-refractivity contribution in [3.8, 4) is 5.75 Å². The van der Waals surface area contributed by atoms with Crippen LogP contribution in [0.4, 0.5) is 5.69 Å². The Morgan fingerprint density at radius 3 is 2.62 bits per heavy atom. The van der Waals surface area contributed by atoms with Crippen molar-refractivity contribution in [1.29, 1.82) is 0 Å². The van der Waals surface area contributed by atoms with E-state index in [1.807, 2.05) is 0 Å². The number of nitrogens with one attached hydrogen (secondary N) is 1. The van der Waals surface area contributed by atoms with E-state index in [1.165, 1.54) is 49.3 Å². The maximum atomic E-state index is 12.3. The number of benzene rings is 1. The predicted molar refractivity (Wildman–Crippen MR) is 74.0 cm³/mol. The third kappa shape index (κ3) is 2.97. The fourth-order valence-electron chi connectivity index (χ4n) is 1.74. The molecule has 0 fully saturated rings. The molecule has 0 radical (unpaired) electrons. The lowest BCUT2D eigenvalue weighted by molar-refractivity contribution is 0.0697. The quantitative estimate of drug-likeness (QED) is 0.849. The molecule has 0 amide bonds. The highest BCUT2D eigenvalue weighted by molar-refractivity contribution is 7.92. The lowest BCUT2D eigenvalue weighted by Gasteiger charge is -2.12. The van der Waals surface area contributed by atoms with Crippen molar-refractivity contribution in [2.24, 2.45) is 7.05 Å². The van der Waals surface area contributed by atoms with Crippen LogP contribution in [0.5, 0.6) is 5.75 Å². The Hall–Kier alpha value is -2.55. The highest BCUT2D eigenvalue weighted by Gasteiger charge is 2.20. The molecule has 0 unspecified atom stereocenters. The smallest absolute Gasteiger partial charge is 0.335 e. The van der Waals surface area contributed by atoms with E-state index >= 15 is 0 Å². The highest BCUT2D eigenvalue weighted by Crippen LogP contribution is 2.27. The van der Waals surface area contributed by atoms with Crippen LogP contribution < -0.4 is 9.46 Å². The first kappa shape index (κ1) is 14.9. The first-order valence-electron chi connectivity index (χ1n) is 5.77. The Kier molecular flexibility index (Phi) is 3.85. The van der Waals surface area contributed by atoms with Crippen LogP contribution in [0.1, 0.15) is 10.4 Å². The number of methoxy groups -OCH3 is 1. The number of carboxylic acids is 1. The molecular weight excluding hydrogens is 298 g/mol. The number of aryl methyl sites for hydroxylation is 1. The molecule has 0 aliphatic heterocycles. The molecule has 21 heavy (non-hydrogen) atoms. The standard InChI is InChI=1S/C12H13N3O5S/c1-15-11(5-6-13-15)21(18,19)14-9-7-8(12(16)17)3-4-10(9)20-2/h3-7,14H,1-2H3,(H,16,17). The van der Waals surface area contributed by atoms with Gasteiger partial charge in [0.2, 0.25) is 0 Å². The average Bonchev–Trinajstić information content (AvgIpc) is 2.85. The third-order valence-corrected chi connectivity index (χ3v) is 4.18. The van der Waals surface area contributed by atoms with Crippen LogP contribution >= 0.6 is 0 Å². The van der Waals surface area contributed by atoms with Crippen molar-refractivity contribution in [2.75, 3.05) is 11.8 Å². The van der Waals surface area contributed by atoms with Gasteiger partial charge < -0.3 is 9.84 Å². The van der Waals surface area contributed by atoms with E-state index in [0.29, 0.717) is 0 Å². The molecule has 0 aliphatic carbocycles. The summed E-state index contributed by atoms with van der Waals surface area (Å²) in [7, 11) is -1.05. The van der Waals surface area contributed by atoms with Crippen LogP contribution in [0.3, 0.4) is 0 Å². The van der Waals surface area contributed by atoms with Crippen LogP contribution in [0.2, 0.25) is 0 Å². The molecule has 1 aromatic heterocycles. The summed E-state index contributed by atoms with van der Waals surface area (Å²) < 4.78 is 33.0. The van der Waals surface area contributed by atoms with Crippen molar-refractivity contribution in [3.63, 3.8) is 0 Å². The summed E-state index contributed by atoms with van der Waals surface area (Å²) in [6.07, 6.45) is 1.35. The molecule has 112 valence electrons. The minimum atomic E-state index is -3.90. The van der Waals surface area contributed by atoms with Crippen molar-refractivity contribution < 1.29 is 23.1 Å². The normalized spacial score (nSPS) is 11.1. The average molecular weight is 311 g/mol. The lowest BCUT2D eigenvalue weighted by atomic mass is 10.2. The summed E-state index contributed by atoms with van der Waals surface area (Å²) in [4.78, 5) is 11.0. The van der Waals surface area contributed by atoms with Crippen LogP contribution in [0.15, 0.2) is 35.5 Å². The Balaban J connectivity index is 2.45. The lowest BCUT2D eigenvalue weighted by Crippen LogP contribution is -2.17. The molecule has 0 atom stereocenters. The van der Waals surface area contributed by atoms with Crippen molar-refractivity contribution in [1.82, 2.24) is 9.78 Å². The molecule has 8 nitrogen and oxygen atoms in total. The van der Waals surface area contributed by atoms with Crippen molar-refractivity contribution >= 4 is 21.7 Å². The van der Waals surface area contributed by atoms with E-state index in [9.17, 15) is 13.2 Å². The van der Waals surface area contributed by atoms with E-state index in [0.717, 1.165) is 0 Å².